The fraction of sp³-hybridized carbons (Fsp3) is 0.651. The molecule has 0 spiro atoms. The number of aliphatic hydroxyl groups is 1. The van der Waals surface area contributed by atoms with Gasteiger partial charge in [0.2, 0.25) is 7.40 Å². The van der Waals surface area contributed by atoms with Gasteiger partial charge in [-0.3, -0.25) is 24.2 Å². The Hall–Kier alpha value is -0.564. The number of aliphatic carboxylic acids is 1. The number of aliphatic hydroxyl groups excluding tert-OH is 1. The molecule has 0 aromatic heterocycles. The molecule has 3 rings (SSSR count). The third kappa shape index (κ3) is 22.9. The average molecular weight is 1060 g/mol. The number of nitrogens with zero attached hydrogens (tertiary/aromatic N) is 5. The molecule has 2 aromatic carbocycles. The summed E-state index contributed by atoms with van der Waals surface area (Å²) in [6.45, 7) is 14.6. The van der Waals surface area contributed by atoms with Gasteiger partial charge in [-0.2, -0.15) is 0 Å². The fourth-order valence-electron chi connectivity index (χ4n) is 7.63. The minimum Gasteiger partial charge on any atom is -0.507 e. The molecule has 0 saturated heterocycles. The standard InChI is InChI=1S/C41H68N6O2P8.C2H4O3.Co/c1-40(2,3)34-24-30(28(12-9-18-45-54-50)14-11-21-57(42)53)22-32(38(34)48)26-43-36-15-7-8-16-37(36)44-27-33-23-31(25-35(39(33)49)41(4,5)6)29(17-20-47-56-52)13-10-19-46-55-51;3-1-2(4)5;/h22-29,36-37,42H,7-21,50-53H2,1-6H3,(H-,43,44,48,49);3H,1H2,(H,4,5);/p+1. The molecule has 9 atom stereocenters. The van der Waals surface area contributed by atoms with E-state index in [9.17, 15) is 10.2 Å². The Morgan fingerprint density at radius 3 is 1.49 bits per heavy atom. The number of aliphatic imine (C=N–C) groups is 2. The molecule has 11 nitrogen and oxygen atoms in total. The molecule has 0 aliphatic heterocycles. The van der Waals surface area contributed by atoms with E-state index in [4.69, 9.17) is 30.2 Å². The largest absolute Gasteiger partial charge is 0.507 e. The van der Waals surface area contributed by atoms with Crippen LogP contribution in [0.4, 0.5) is 0 Å². The van der Waals surface area contributed by atoms with Crippen LogP contribution in [0.3, 0.4) is 0 Å². The molecule has 2 aromatic rings. The van der Waals surface area contributed by atoms with Gasteiger partial charge in [0.05, 0.1) is 12.1 Å². The van der Waals surface area contributed by atoms with Crippen LogP contribution in [0.25, 0.3) is 0 Å². The first-order valence-electron chi connectivity index (χ1n) is 21.4. The molecule has 0 heterocycles. The predicted octanol–water partition coefficient (Wildman–Crippen LogP) is 14.3. The Labute approximate surface area is 403 Å². The van der Waals surface area contributed by atoms with Crippen LogP contribution in [0.15, 0.2) is 48.5 Å². The number of phenols is 2. The summed E-state index contributed by atoms with van der Waals surface area (Å²) in [6.07, 6.45) is 15.8. The predicted molar refractivity (Wildman–Crippen MR) is 283 cm³/mol. The van der Waals surface area contributed by atoms with Gasteiger partial charge in [-0.1, -0.05) is 93.3 Å². The Bertz CT molecular complexity index is 1870. The molecule has 9 unspecified atom stereocenters. The Balaban J connectivity index is 0.00000312. The third-order valence-electron chi connectivity index (χ3n) is 10.9. The second-order valence-corrected chi connectivity index (χ2v) is 24.7. The smallest absolute Gasteiger partial charge is 0.329 e. The molecule has 20 heteroatoms. The van der Waals surface area contributed by atoms with Crippen molar-refractivity contribution in [2.75, 3.05) is 32.4 Å². The zero-order valence-corrected chi connectivity index (χ0v) is 47.2. The van der Waals surface area contributed by atoms with Gasteiger partial charge in [0, 0.05) is 95.3 Å². The molecule has 63 heavy (non-hydrogen) atoms. The number of carbonyl (C=O) groups is 1. The van der Waals surface area contributed by atoms with Gasteiger partial charge in [0.25, 0.3) is 0 Å². The summed E-state index contributed by atoms with van der Waals surface area (Å²) in [5.41, 5.74) is 5.39. The number of carboxylic acids is 1. The monoisotopic (exact) mass is 1060 g/mol. The summed E-state index contributed by atoms with van der Waals surface area (Å²) < 4.78 is 13.6. The zero-order chi connectivity index (χ0) is 46.3. The van der Waals surface area contributed by atoms with E-state index < -0.39 is 20.0 Å². The summed E-state index contributed by atoms with van der Waals surface area (Å²) >= 11 is 0. The Morgan fingerprint density at radius 1 is 0.746 bits per heavy atom. The number of rotatable bonds is 22. The second kappa shape index (κ2) is 32.2. The molecule has 1 aliphatic carbocycles. The fourth-order valence-corrected chi connectivity index (χ4v) is 10.5. The van der Waals surface area contributed by atoms with Crippen molar-refractivity contribution >= 4 is 85.7 Å². The minimum absolute atomic E-state index is 0. The van der Waals surface area contributed by atoms with E-state index in [1.54, 1.807) is 0 Å². The van der Waals surface area contributed by atoms with Crippen LogP contribution in [0.1, 0.15) is 157 Å². The van der Waals surface area contributed by atoms with Crippen molar-refractivity contribution < 1.29 is 42.0 Å². The van der Waals surface area contributed by atoms with Gasteiger partial charge in [-0.05, 0) is 104 Å². The number of benzene rings is 2. The first-order valence-corrected chi connectivity index (χ1v) is 32.0. The van der Waals surface area contributed by atoms with E-state index in [-0.39, 0.29) is 39.7 Å². The molecular weight excluding hydrogens is 987 g/mol. The van der Waals surface area contributed by atoms with Gasteiger partial charge >= 0.3 is 5.97 Å². The number of aromatic hydroxyl groups is 2. The number of phenolic OH excluding ortho intramolecular Hbond substituents is 2. The van der Waals surface area contributed by atoms with Gasteiger partial charge in [-0.25, -0.2) is 4.79 Å². The summed E-state index contributed by atoms with van der Waals surface area (Å²) in [7, 11) is 12.9. The van der Waals surface area contributed by atoms with Crippen LogP contribution in [0, 0.1) is 5.16 Å². The molecule has 1 fully saturated rings. The topological polar surface area (TPSA) is 184 Å². The summed E-state index contributed by atoms with van der Waals surface area (Å²) in [5, 5.41) is 46.5. The van der Waals surface area contributed by atoms with Crippen molar-refractivity contribution in [1.29, 1.82) is 5.16 Å². The van der Waals surface area contributed by atoms with Crippen LogP contribution in [0.2, 0.25) is 0 Å². The first-order chi connectivity index (χ1) is 29.4. The third-order valence-corrected chi connectivity index (χ3v) is 15.0. The Morgan fingerprint density at radius 2 is 1.13 bits per heavy atom. The Kier molecular flexibility index (Phi) is 30.9. The van der Waals surface area contributed by atoms with Crippen molar-refractivity contribution in [2.45, 2.75) is 147 Å². The van der Waals surface area contributed by atoms with Crippen molar-refractivity contribution in [1.82, 2.24) is 0 Å². The van der Waals surface area contributed by atoms with Gasteiger partial charge in [-0.15, -0.1) is 5.16 Å². The van der Waals surface area contributed by atoms with E-state index in [0.29, 0.717) is 23.3 Å². The van der Waals surface area contributed by atoms with Gasteiger partial charge in [0.15, 0.2) is 0 Å². The first kappa shape index (κ1) is 60.5. The minimum atomic E-state index is -1.19. The van der Waals surface area contributed by atoms with Crippen LogP contribution in [-0.2, 0) is 32.4 Å². The normalized spacial score (nSPS) is 17.3. The summed E-state index contributed by atoms with van der Waals surface area (Å²) in [6, 6.07) is 8.69. The second-order valence-electron chi connectivity index (χ2n) is 17.8. The van der Waals surface area contributed by atoms with Crippen molar-refractivity contribution in [3.63, 3.8) is 0 Å². The van der Waals surface area contributed by atoms with Crippen LogP contribution < -0.4 is 0 Å². The summed E-state index contributed by atoms with van der Waals surface area (Å²) in [5.74, 6) is 0.0568. The quantitative estimate of drug-likeness (QED) is 0.0446. The molecule has 1 saturated carbocycles. The van der Waals surface area contributed by atoms with E-state index >= 15 is 0 Å². The molecule has 0 amide bonds. The number of nitrogens with one attached hydrogen (secondary N) is 1. The molecule has 1 radical (unpaired) electrons. The molecule has 0 bridgehead atoms. The van der Waals surface area contributed by atoms with E-state index in [0.717, 1.165) is 143 Å². The van der Waals surface area contributed by atoms with Crippen molar-refractivity contribution in [3.8, 4) is 11.5 Å². The molecular formula is C43H73CoN6O5P8+. The maximum Gasteiger partial charge on any atom is 0.329 e. The molecule has 5 N–H and O–H groups in total. The summed E-state index contributed by atoms with van der Waals surface area (Å²) in [4.78, 5) is 19.5. The maximum atomic E-state index is 11.7. The average Bonchev–Trinajstić information content (AvgIpc) is 3.21. The number of hydrogen-bond acceptors (Lipinski definition) is 10. The van der Waals surface area contributed by atoms with Crippen molar-refractivity contribution in [3.05, 3.63) is 57.6 Å². The van der Waals surface area contributed by atoms with Gasteiger partial charge in [0.1, 0.15) is 33.2 Å². The van der Waals surface area contributed by atoms with Crippen LogP contribution >= 0.6 is 67.3 Å². The maximum absolute atomic E-state index is 11.7. The SMILES string of the molecule is CC(C)(C)c1cc(C(CCCN=PP)CCC[P+](=N)P)cc(C=NC2CCCCC2N=Cc2cc(C(CCCN=PP)CCN=PP)cc(C(C)(C)C)c2O)c1O.O=C(O)CO.[Co]. The molecule has 1 aliphatic rings. The van der Waals surface area contributed by atoms with Gasteiger partial charge < -0.3 is 20.4 Å². The number of hydrogen-bond donors (Lipinski definition) is 5. The van der Waals surface area contributed by atoms with Crippen molar-refractivity contribution in [2.24, 2.45) is 24.2 Å². The van der Waals surface area contributed by atoms with E-state index in [1.165, 1.54) is 11.1 Å². The zero-order valence-electron chi connectivity index (χ0n) is 38.0. The van der Waals surface area contributed by atoms with E-state index in [1.807, 2.05) is 12.4 Å². The number of carboxylic acid groups (broad SMARTS) is 1. The molecule has 353 valence electrons. The van der Waals surface area contributed by atoms with Crippen LogP contribution in [-0.4, -0.2) is 83.3 Å². The van der Waals surface area contributed by atoms with E-state index in [2.05, 4.69) is 116 Å². The van der Waals surface area contributed by atoms with Crippen LogP contribution in [0.5, 0.6) is 11.5 Å².